The maximum Gasteiger partial charge on any atom is 0.235 e. The van der Waals surface area contributed by atoms with Crippen molar-refractivity contribution in [1.82, 2.24) is 19.1 Å². The van der Waals surface area contributed by atoms with E-state index in [4.69, 9.17) is 9.97 Å². The Hall–Kier alpha value is -7.04. The highest BCUT2D eigenvalue weighted by Gasteiger charge is 2.20. The number of hydrogen-bond acceptors (Lipinski definition) is 2. The Kier molecular flexibility index (Phi) is 6.43. The molecule has 0 spiro atoms. The van der Waals surface area contributed by atoms with Crippen LogP contribution in [-0.4, -0.2) is 19.1 Å². The Morgan fingerprint density at radius 2 is 0.962 bits per heavy atom. The van der Waals surface area contributed by atoms with Crippen molar-refractivity contribution in [3.63, 3.8) is 0 Å². The number of hydrogen-bond donors (Lipinski definition) is 0. The lowest BCUT2D eigenvalue weighted by Gasteiger charge is -2.14. The summed E-state index contributed by atoms with van der Waals surface area (Å²) in [5.41, 5.74) is 12.1. The lowest BCUT2D eigenvalue weighted by atomic mass is 9.99. The highest BCUT2D eigenvalue weighted by molar-refractivity contribution is 6.12. The molecule has 53 heavy (non-hydrogen) atoms. The van der Waals surface area contributed by atoms with Gasteiger partial charge in [-0.25, -0.2) is 9.97 Å². The summed E-state index contributed by atoms with van der Waals surface area (Å²) in [6, 6.07) is 63.2. The zero-order valence-corrected chi connectivity index (χ0v) is 29.0. The number of para-hydroxylation sites is 3. The molecule has 4 heteroatoms. The van der Waals surface area contributed by atoms with Crippen molar-refractivity contribution >= 4 is 65.3 Å². The van der Waals surface area contributed by atoms with Gasteiger partial charge in [-0.2, -0.15) is 0 Å². The van der Waals surface area contributed by atoms with E-state index in [2.05, 4.69) is 192 Å². The van der Waals surface area contributed by atoms with Crippen molar-refractivity contribution in [3.8, 4) is 34.0 Å². The number of fused-ring (bicyclic) bond motifs is 8. The van der Waals surface area contributed by atoms with E-state index >= 15 is 0 Å². The van der Waals surface area contributed by atoms with Crippen LogP contribution in [0.15, 0.2) is 176 Å². The molecule has 0 saturated carbocycles. The molecule has 0 atom stereocenters. The number of nitrogens with zero attached hydrogens (tertiary/aromatic N) is 4. The minimum absolute atomic E-state index is 0.650. The Morgan fingerprint density at radius 1 is 0.377 bits per heavy atom. The molecule has 0 radical (unpaired) electrons. The molecule has 248 valence electrons. The van der Waals surface area contributed by atoms with Crippen LogP contribution in [0.2, 0.25) is 0 Å². The minimum atomic E-state index is 0.650. The van der Waals surface area contributed by atoms with Gasteiger partial charge >= 0.3 is 0 Å². The summed E-state index contributed by atoms with van der Waals surface area (Å²) in [5, 5.41) is 8.23. The number of benzene rings is 8. The third kappa shape index (κ3) is 4.62. The molecule has 0 aliphatic heterocycles. The maximum atomic E-state index is 5.44. The van der Waals surface area contributed by atoms with Gasteiger partial charge in [-0.15, -0.1) is 0 Å². The van der Waals surface area contributed by atoms with Gasteiger partial charge in [-0.3, -0.25) is 4.57 Å². The van der Waals surface area contributed by atoms with Gasteiger partial charge in [0.05, 0.1) is 33.3 Å². The van der Waals surface area contributed by atoms with Crippen LogP contribution in [0.1, 0.15) is 5.56 Å². The maximum absolute atomic E-state index is 5.44. The van der Waals surface area contributed by atoms with Gasteiger partial charge < -0.3 is 4.57 Å². The summed E-state index contributed by atoms with van der Waals surface area (Å²) < 4.78 is 4.62. The summed E-state index contributed by atoms with van der Waals surface area (Å²) in [6.45, 7) is 2.12. The van der Waals surface area contributed by atoms with Crippen LogP contribution in [0.3, 0.4) is 0 Å². The first-order chi connectivity index (χ1) is 26.2. The van der Waals surface area contributed by atoms with Gasteiger partial charge in [0.2, 0.25) is 5.95 Å². The van der Waals surface area contributed by atoms with Gasteiger partial charge in [0.1, 0.15) is 0 Å². The van der Waals surface area contributed by atoms with E-state index in [9.17, 15) is 0 Å². The Balaban J connectivity index is 1.18. The first kappa shape index (κ1) is 29.7. The molecule has 0 aliphatic rings. The molecule has 4 nitrogen and oxygen atoms in total. The molecular weight excluding hydrogens is 645 g/mol. The van der Waals surface area contributed by atoms with Crippen LogP contribution in [0.25, 0.3) is 99.3 Å². The van der Waals surface area contributed by atoms with Crippen molar-refractivity contribution in [2.45, 2.75) is 6.92 Å². The zero-order valence-electron chi connectivity index (χ0n) is 29.0. The zero-order chi connectivity index (χ0) is 35.0. The molecule has 3 aromatic heterocycles. The van der Waals surface area contributed by atoms with Gasteiger partial charge in [-0.1, -0.05) is 127 Å². The Labute approximate surface area is 305 Å². The van der Waals surface area contributed by atoms with Gasteiger partial charge in [0.15, 0.2) is 0 Å². The molecule has 0 aliphatic carbocycles. The Bertz CT molecular complexity index is 3180. The average molecular weight is 677 g/mol. The second kappa shape index (κ2) is 11.5. The summed E-state index contributed by atoms with van der Waals surface area (Å²) in [5.74, 6) is 0.650. The molecule has 0 fully saturated rings. The molecule has 0 unspecified atom stereocenters. The predicted molar refractivity (Wildman–Crippen MR) is 221 cm³/mol. The van der Waals surface area contributed by atoms with Crippen LogP contribution in [0.4, 0.5) is 0 Å². The third-order valence-electron chi connectivity index (χ3n) is 10.8. The Morgan fingerprint density at radius 3 is 1.70 bits per heavy atom. The second-order valence-corrected chi connectivity index (χ2v) is 14.0. The van der Waals surface area contributed by atoms with Crippen molar-refractivity contribution in [2.75, 3.05) is 0 Å². The molecule has 8 aromatic carbocycles. The largest absolute Gasteiger partial charge is 0.309 e. The molecule has 3 heterocycles. The minimum Gasteiger partial charge on any atom is -0.309 e. The number of aromatic nitrogens is 4. The van der Waals surface area contributed by atoms with Crippen molar-refractivity contribution in [3.05, 3.63) is 181 Å². The predicted octanol–water partition coefficient (Wildman–Crippen LogP) is 12.6. The van der Waals surface area contributed by atoms with E-state index in [-0.39, 0.29) is 0 Å². The third-order valence-corrected chi connectivity index (χ3v) is 10.8. The average Bonchev–Trinajstić information content (AvgIpc) is 3.73. The molecule has 0 bridgehead atoms. The highest BCUT2D eigenvalue weighted by atomic mass is 15.2. The quantitative estimate of drug-likeness (QED) is 0.186. The molecule has 0 saturated heterocycles. The monoisotopic (exact) mass is 676 g/mol. The van der Waals surface area contributed by atoms with Crippen molar-refractivity contribution < 1.29 is 0 Å². The fourth-order valence-corrected chi connectivity index (χ4v) is 8.22. The standard InChI is InChI=1S/C49H32N4/c1-31-18-20-33(21-19-31)35-24-26-41-43(29-35)50-49(51-48(41)36-23-22-32-10-2-3-11-34(32)28-36)53-46-17-9-6-14-40(46)42-30-37(25-27-47(42)53)52-44-15-7-4-12-38(44)39-13-5-8-16-45(39)52/h2-30H,1H3. The fraction of sp³-hybridized carbons (Fsp3) is 0.0204. The van der Waals surface area contributed by atoms with E-state index in [1.165, 1.54) is 43.7 Å². The van der Waals surface area contributed by atoms with Crippen molar-refractivity contribution in [1.29, 1.82) is 0 Å². The molecule has 11 aromatic rings. The van der Waals surface area contributed by atoms with E-state index in [1.54, 1.807) is 0 Å². The van der Waals surface area contributed by atoms with E-state index < -0.39 is 0 Å². The number of rotatable bonds is 4. The summed E-state index contributed by atoms with van der Waals surface area (Å²) in [4.78, 5) is 10.8. The van der Waals surface area contributed by atoms with Gasteiger partial charge in [0.25, 0.3) is 0 Å². The molecule has 0 N–H and O–H groups in total. The lowest BCUT2D eigenvalue weighted by Crippen LogP contribution is -2.04. The van der Waals surface area contributed by atoms with Gasteiger partial charge in [-0.05, 0) is 83.4 Å². The number of aryl methyl sites for hydroxylation is 1. The summed E-state index contributed by atoms with van der Waals surface area (Å²) in [7, 11) is 0. The highest BCUT2D eigenvalue weighted by Crippen LogP contribution is 2.38. The van der Waals surface area contributed by atoms with E-state index in [0.29, 0.717) is 5.95 Å². The lowest BCUT2D eigenvalue weighted by molar-refractivity contribution is 1.01. The van der Waals surface area contributed by atoms with Crippen LogP contribution < -0.4 is 0 Å². The first-order valence-electron chi connectivity index (χ1n) is 18.1. The van der Waals surface area contributed by atoms with Crippen LogP contribution >= 0.6 is 0 Å². The second-order valence-electron chi connectivity index (χ2n) is 14.0. The normalized spacial score (nSPS) is 11.9. The molecule has 0 amide bonds. The van der Waals surface area contributed by atoms with Crippen LogP contribution in [0.5, 0.6) is 0 Å². The van der Waals surface area contributed by atoms with E-state index in [0.717, 1.165) is 55.2 Å². The van der Waals surface area contributed by atoms with Gasteiger partial charge in [0, 0.05) is 38.2 Å². The fourth-order valence-electron chi connectivity index (χ4n) is 8.22. The summed E-state index contributed by atoms with van der Waals surface area (Å²) in [6.07, 6.45) is 0. The van der Waals surface area contributed by atoms with E-state index in [1.807, 2.05) is 0 Å². The SMILES string of the molecule is Cc1ccc(-c2ccc3c(-c4ccc5ccccc5c4)nc(-n4c5ccccc5c5cc(-n6c7ccccc7c7ccccc76)ccc54)nc3c2)cc1. The molecular formula is C49H32N4. The topological polar surface area (TPSA) is 35.6 Å². The first-order valence-corrected chi connectivity index (χ1v) is 18.1. The van der Waals surface area contributed by atoms with Crippen LogP contribution in [0, 0.1) is 6.92 Å². The molecule has 11 rings (SSSR count). The smallest absolute Gasteiger partial charge is 0.235 e. The summed E-state index contributed by atoms with van der Waals surface area (Å²) >= 11 is 0. The van der Waals surface area contributed by atoms with Crippen LogP contribution in [-0.2, 0) is 0 Å². The van der Waals surface area contributed by atoms with Crippen molar-refractivity contribution in [2.24, 2.45) is 0 Å².